The van der Waals surface area contributed by atoms with Gasteiger partial charge in [0, 0.05) is 43.8 Å². The minimum Gasteiger partial charge on any atom is -0.455 e. The average Bonchev–Trinajstić information content (AvgIpc) is 3.93. The third-order valence-electron chi connectivity index (χ3n) is 11.8. The molecule has 62 heavy (non-hydrogen) atoms. The summed E-state index contributed by atoms with van der Waals surface area (Å²) >= 11 is 0. The number of hydrogen-bond acceptors (Lipinski definition) is 5. The third kappa shape index (κ3) is 5.98. The first-order chi connectivity index (χ1) is 30.7. The molecular weight excluding hydrogens is 759 g/mol. The van der Waals surface area contributed by atoms with Gasteiger partial charge in [0.15, 0.2) is 17.5 Å². The lowest BCUT2D eigenvalue weighted by Crippen LogP contribution is -2.00. The summed E-state index contributed by atoms with van der Waals surface area (Å²) in [5, 5.41) is 4.09. The Balaban J connectivity index is 1.06. The van der Waals surface area contributed by atoms with Crippen LogP contribution in [0.5, 0.6) is 0 Å². The zero-order valence-electron chi connectivity index (χ0n) is 33.4. The highest BCUT2D eigenvalue weighted by Crippen LogP contribution is 2.45. The van der Waals surface area contributed by atoms with Crippen molar-refractivity contribution >= 4 is 43.9 Å². The maximum Gasteiger partial charge on any atom is 0.167 e. The number of fused-ring (bicyclic) bond motifs is 6. The zero-order valence-corrected chi connectivity index (χ0v) is 33.4. The predicted octanol–water partition coefficient (Wildman–Crippen LogP) is 15.3. The molecule has 0 fully saturated rings. The second-order valence-electron chi connectivity index (χ2n) is 15.5. The Kier molecular flexibility index (Phi) is 8.42. The Morgan fingerprint density at radius 2 is 0.694 bits per heavy atom. The van der Waals surface area contributed by atoms with Gasteiger partial charge < -0.3 is 8.83 Å². The van der Waals surface area contributed by atoms with Gasteiger partial charge in [0.05, 0.1) is 5.56 Å². The van der Waals surface area contributed by atoms with Crippen molar-refractivity contribution < 1.29 is 8.83 Å². The largest absolute Gasteiger partial charge is 0.455 e. The molecule has 12 aromatic rings. The molecule has 0 spiro atoms. The molecule has 0 bridgehead atoms. The summed E-state index contributed by atoms with van der Waals surface area (Å²) in [6.07, 6.45) is 0. The first-order valence-electron chi connectivity index (χ1n) is 20.8. The van der Waals surface area contributed by atoms with E-state index in [2.05, 4.69) is 152 Å². The summed E-state index contributed by atoms with van der Waals surface area (Å²) in [6.45, 7) is 0. The molecule has 0 aliphatic heterocycles. The van der Waals surface area contributed by atoms with E-state index in [1.807, 2.05) is 60.7 Å². The fourth-order valence-electron chi connectivity index (χ4n) is 8.86. The van der Waals surface area contributed by atoms with Gasteiger partial charge in [-0.2, -0.15) is 0 Å². The van der Waals surface area contributed by atoms with E-state index in [-0.39, 0.29) is 0 Å². The van der Waals surface area contributed by atoms with Crippen molar-refractivity contribution in [2.24, 2.45) is 0 Å². The maximum absolute atomic E-state index is 7.04. The van der Waals surface area contributed by atoms with E-state index in [1.54, 1.807) is 0 Å². The van der Waals surface area contributed by atoms with E-state index < -0.39 is 0 Å². The second-order valence-corrected chi connectivity index (χ2v) is 15.5. The van der Waals surface area contributed by atoms with Crippen molar-refractivity contribution in [3.8, 4) is 78.7 Å². The monoisotopic (exact) mass is 793 g/mol. The van der Waals surface area contributed by atoms with Gasteiger partial charge >= 0.3 is 0 Å². The van der Waals surface area contributed by atoms with Crippen molar-refractivity contribution in [2.75, 3.05) is 0 Å². The summed E-state index contributed by atoms with van der Waals surface area (Å²) in [4.78, 5) is 15.5. The number of hydrogen-bond donors (Lipinski definition) is 0. The second kappa shape index (κ2) is 14.7. The maximum atomic E-state index is 7.04. The smallest absolute Gasteiger partial charge is 0.167 e. The molecule has 0 aliphatic rings. The van der Waals surface area contributed by atoms with Crippen LogP contribution in [0.4, 0.5) is 0 Å². The van der Waals surface area contributed by atoms with Crippen molar-refractivity contribution in [2.45, 2.75) is 0 Å². The molecule has 0 aliphatic carbocycles. The highest BCUT2D eigenvalue weighted by molar-refractivity contribution is 6.16. The van der Waals surface area contributed by atoms with Crippen LogP contribution < -0.4 is 0 Å². The van der Waals surface area contributed by atoms with Gasteiger partial charge in [-0.15, -0.1) is 0 Å². The Hall–Kier alpha value is -8.41. The van der Waals surface area contributed by atoms with E-state index in [4.69, 9.17) is 23.8 Å². The molecule has 0 saturated heterocycles. The summed E-state index contributed by atoms with van der Waals surface area (Å²) in [5.74, 6) is 1.62. The van der Waals surface area contributed by atoms with E-state index in [9.17, 15) is 0 Å². The summed E-state index contributed by atoms with van der Waals surface area (Å²) < 4.78 is 13.9. The van der Waals surface area contributed by atoms with E-state index in [0.717, 1.165) is 105 Å². The normalized spacial score (nSPS) is 11.5. The van der Waals surface area contributed by atoms with Gasteiger partial charge in [-0.1, -0.05) is 182 Å². The van der Waals surface area contributed by atoms with Crippen LogP contribution in [-0.2, 0) is 0 Å². The number of benzene rings is 9. The molecule has 0 N–H and O–H groups in total. The lowest BCUT2D eigenvalue weighted by atomic mass is 9.92. The average molecular weight is 794 g/mol. The number of para-hydroxylation sites is 1. The molecule has 12 rings (SSSR count). The molecule has 3 heterocycles. The van der Waals surface area contributed by atoms with Gasteiger partial charge in [0.25, 0.3) is 0 Å². The fourth-order valence-corrected chi connectivity index (χ4v) is 8.86. The van der Waals surface area contributed by atoms with E-state index >= 15 is 0 Å². The molecule has 290 valence electrons. The first kappa shape index (κ1) is 35.5. The van der Waals surface area contributed by atoms with Gasteiger partial charge in [0.1, 0.15) is 22.3 Å². The minimum absolute atomic E-state index is 0.520. The molecule has 0 unspecified atom stereocenters. The van der Waals surface area contributed by atoms with Crippen LogP contribution >= 0.6 is 0 Å². The lowest BCUT2D eigenvalue weighted by Gasteiger charge is -2.11. The minimum atomic E-state index is 0.520. The van der Waals surface area contributed by atoms with Gasteiger partial charge in [-0.3, -0.25) is 0 Å². The van der Waals surface area contributed by atoms with Crippen molar-refractivity contribution in [3.63, 3.8) is 0 Å². The molecule has 0 atom stereocenters. The third-order valence-corrected chi connectivity index (χ3v) is 11.8. The number of rotatable bonds is 7. The van der Waals surface area contributed by atoms with Crippen LogP contribution in [0.15, 0.2) is 221 Å². The summed E-state index contributed by atoms with van der Waals surface area (Å²) in [7, 11) is 0. The van der Waals surface area contributed by atoms with Crippen LogP contribution in [-0.4, -0.2) is 15.0 Å². The molecule has 0 radical (unpaired) electrons. The van der Waals surface area contributed by atoms with Crippen LogP contribution in [0.25, 0.3) is 123 Å². The zero-order chi connectivity index (χ0) is 41.0. The number of nitrogens with zero attached hydrogens (tertiary/aromatic N) is 3. The first-order valence-corrected chi connectivity index (χ1v) is 20.8. The highest BCUT2D eigenvalue weighted by Gasteiger charge is 2.23. The molecule has 9 aromatic carbocycles. The van der Waals surface area contributed by atoms with Gasteiger partial charge in [0.2, 0.25) is 0 Å². The Morgan fingerprint density at radius 3 is 1.26 bits per heavy atom. The lowest BCUT2D eigenvalue weighted by molar-refractivity contribution is 0.670. The van der Waals surface area contributed by atoms with E-state index in [0.29, 0.717) is 17.5 Å². The SMILES string of the molecule is c1ccc(-c2nc(-c3ccc4c(c3)oc3c(-c5ccccc5)c(-c5ccccc5)ccc34)nc(-c3cccc4c3oc3c(-c5ccccc5)c(-c5ccccc5)ccc34)n2)cc1. The standard InChI is InChI=1S/C57H35N3O2/c1-6-17-36(18-7-1)42-31-33-46-44-30-29-41(35-49(44)61-53(46)50(42)38-21-10-3-11-22-38)56-58-55(40-25-14-5-15-26-40)59-57(60-56)48-28-16-27-45-47-34-32-43(37-19-8-2-9-20-37)51(54(47)62-52(45)48)39-23-12-4-13-24-39/h1-35H. The predicted molar refractivity (Wildman–Crippen MR) is 252 cm³/mol. The van der Waals surface area contributed by atoms with Gasteiger partial charge in [-0.25, -0.2) is 15.0 Å². The highest BCUT2D eigenvalue weighted by atomic mass is 16.3. The number of furan rings is 2. The molecule has 0 amide bonds. The molecule has 3 aromatic heterocycles. The fraction of sp³-hybridized carbons (Fsp3) is 0. The molecular formula is C57H35N3O2. The summed E-state index contributed by atoms with van der Waals surface area (Å²) in [5.41, 5.74) is 14.4. The number of aromatic nitrogens is 3. The van der Waals surface area contributed by atoms with Crippen molar-refractivity contribution in [1.82, 2.24) is 15.0 Å². The van der Waals surface area contributed by atoms with E-state index in [1.165, 1.54) is 0 Å². The Bertz CT molecular complexity index is 3600. The molecule has 5 heteroatoms. The summed E-state index contributed by atoms with van der Waals surface area (Å²) in [6, 6.07) is 73.2. The van der Waals surface area contributed by atoms with Crippen LogP contribution in [0.2, 0.25) is 0 Å². The Morgan fingerprint density at radius 1 is 0.258 bits per heavy atom. The van der Waals surface area contributed by atoms with Crippen LogP contribution in [0.3, 0.4) is 0 Å². The Labute approximate surface area is 357 Å². The van der Waals surface area contributed by atoms with Crippen molar-refractivity contribution in [3.05, 3.63) is 212 Å². The molecule has 5 nitrogen and oxygen atoms in total. The quantitative estimate of drug-likeness (QED) is 0.161. The molecule has 0 saturated carbocycles. The van der Waals surface area contributed by atoms with Gasteiger partial charge in [-0.05, 0) is 63.7 Å². The van der Waals surface area contributed by atoms with Crippen LogP contribution in [0, 0.1) is 0 Å². The van der Waals surface area contributed by atoms with Crippen LogP contribution in [0.1, 0.15) is 0 Å². The van der Waals surface area contributed by atoms with Crippen molar-refractivity contribution in [1.29, 1.82) is 0 Å². The topological polar surface area (TPSA) is 65.0 Å².